The zero-order valence-corrected chi connectivity index (χ0v) is 16.4. The second kappa shape index (κ2) is 7.49. The molecule has 0 bridgehead atoms. The Balaban J connectivity index is 1.56. The van der Waals surface area contributed by atoms with Crippen molar-refractivity contribution in [3.8, 4) is 6.07 Å². The lowest BCUT2D eigenvalue weighted by Crippen LogP contribution is -2.49. The number of rotatable bonds is 4. The van der Waals surface area contributed by atoms with Gasteiger partial charge in [-0.2, -0.15) is 10.4 Å². The molecular weight excluding hydrogens is 352 g/mol. The van der Waals surface area contributed by atoms with Crippen molar-refractivity contribution in [2.75, 3.05) is 29.9 Å². The van der Waals surface area contributed by atoms with Crippen LogP contribution in [0.15, 0.2) is 36.5 Å². The number of aromatic nitrogens is 3. The number of nitriles is 1. The first kappa shape index (κ1) is 18.3. The third-order valence-corrected chi connectivity index (χ3v) is 5.05. The van der Waals surface area contributed by atoms with E-state index < -0.39 is 0 Å². The topological polar surface area (TPSA) is 79.0 Å². The van der Waals surface area contributed by atoms with Crippen molar-refractivity contribution < 1.29 is 4.74 Å². The summed E-state index contributed by atoms with van der Waals surface area (Å²) in [5.41, 5.74) is 3.44. The molecule has 0 saturated carbocycles. The van der Waals surface area contributed by atoms with Crippen molar-refractivity contribution in [1.29, 1.82) is 5.26 Å². The molecule has 28 heavy (non-hydrogen) atoms. The van der Waals surface area contributed by atoms with Crippen molar-refractivity contribution >= 4 is 22.4 Å². The third-order valence-electron chi connectivity index (χ3n) is 5.05. The summed E-state index contributed by atoms with van der Waals surface area (Å²) in [5.74, 6) is 0.985. The van der Waals surface area contributed by atoms with Crippen molar-refractivity contribution in [1.82, 2.24) is 14.8 Å². The van der Waals surface area contributed by atoms with E-state index in [1.807, 2.05) is 49.0 Å². The summed E-state index contributed by atoms with van der Waals surface area (Å²) in [6.07, 6.45) is 1.88. The summed E-state index contributed by atoms with van der Waals surface area (Å²) in [7, 11) is 1.93. The first-order chi connectivity index (χ1) is 13.5. The van der Waals surface area contributed by atoms with Crippen LogP contribution < -0.4 is 10.2 Å². The molecule has 0 radical (unpaired) electrons. The number of anilines is 2. The number of hydrogen-bond acceptors (Lipinski definition) is 6. The molecule has 3 heterocycles. The first-order valence-electron chi connectivity index (χ1n) is 9.48. The van der Waals surface area contributed by atoms with Crippen molar-refractivity contribution in [3.05, 3.63) is 47.8 Å². The Morgan fingerprint density at radius 1 is 1.32 bits per heavy atom. The van der Waals surface area contributed by atoms with Crippen LogP contribution in [0, 0.1) is 18.3 Å². The molecule has 0 amide bonds. The van der Waals surface area contributed by atoms with E-state index in [1.165, 1.54) is 0 Å². The number of nitrogens with zero attached hydrogens (tertiary/aromatic N) is 5. The van der Waals surface area contributed by atoms with E-state index in [9.17, 15) is 5.26 Å². The fraction of sp³-hybridized carbons (Fsp3) is 0.381. The standard InChI is InChI=1S/C21H24N6O/c1-14-9-20(26(3)25-14)24-11-17-13-27(12-15(2)28-17)19-7-6-16(10-22)21-18(19)5-4-8-23-21/h4-9,15,17,24H,11-13H2,1-3H3/t15-,17-/m1/s1. The molecule has 1 saturated heterocycles. The summed E-state index contributed by atoms with van der Waals surface area (Å²) in [6, 6.07) is 12.1. The summed E-state index contributed by atoms with van der Waals surface area (Å²) in [4.78, 5) is 6.76. The maximum absolute atomic E-state index is 9.38. The van der Waals surface area contributed by atoms with E-state index in [0.717, 1.165) is 41.2 Å². The van der Waals surface area contributed by atoms with Gasteiger partial charge < -0.3 is 15.0 Å². The number of hydrogen-bond donors (Lipinski definition) is 1. The van der Waals surface area contributed by atoms with E-state index >= 15 is 0 Å². The Morgan fingerprint density at radius 3 is 2.93 bits per heavy atom. The van der Waals surface area contributed by atoms with Gasteiger partial charge >= 0.3 is 0 Å². The Hall–Kier alpha value is -3.11. The van der Waals surface area contributed by atoms with Gasteiger partial charge in [0.25, 0.3) is 0 Å². The van der Waals surface area contributed by atoms with Crippen molar-refractivity contribution in [2.45, 2.75) is 26.1 Å². The molecule has 1 aromatic carbocycles. The fourth-order valence-corrected chi connectivity index (χ4v) is 3.87. The van der Waals surface area contributed by atoms with Crippen LogP contribution in [0.5, 0.6) is 0 Å². The monoisotopic (exact) mass is 376 g/mol. The minimum atomic E-state index is 0.0429. The lowest BCUT2D eigenvalue weighted by molar-refractivity contribution is -0.00826. The van der Waals surface area contributed by atoms with Crippen LogP contribution in [0.3, 0.4) is 0 Å². The van der Waals surface area contributed by atoms with Crippen LogP contribution in [-0.4, -0.2) is 46.6 Å². The molecule has 1 aliphatic heterocycles. The van der Waals surface area contributed by atoms with Crippen LogP contribution in [-0.2, 0) is 11.8 Å². The molecule has 2 aromatic heterocycles. The molecule has 1 fully saturated rings. The van der Waals surface area contributed by atoms with Gasteiger partial charge in [0.1, 0.15) is 11.9 Å². The number of nitrogens with one attached hydrogen (secondary N) is 1. The number of morpholine rings is 1. The number of aryl methyl sites for hydroxylation is 2. The van der Waals surface area contributed by atoms with Crippen LogP contribution >= 0.6 is 0 Å². The van der Waals surface area contributed by atoms with E-state index in [2.05, 4.69) is 33.3 Å². The summed E-state index contributed by atoms with van der Waals surface area (Å²) < 4.78 is 8.01. The zero-order chi connectivity index (χ0) is 19.7. The minimum Gasteiger partial charge on any atom is -0.370 e. The molecule has 7 nitrogen and oxygen atoms in total. The average Bonchev–Trinajstić information content (AvgIpc) is 3.02. The minimum absolute atomic E-state index is 0.0429. The Morgan fingerprint density at radius 2 is 2.18 bits per heavy atom. The van der Waals surface area contributed by atoms with Crippen LogP contribution in [0.1, 0.15) is 18.2 Å². The van der Waals surface area contributed by atoms with Gasteiger partial charge in [0.15, 0.2) is 0 Å². The molecule has 4 rings (SSSR count). The van der Waals surface area contributed by atoms with E-state index in [0.29, 0.717) is 12.1 Å². The summed E-state index contributed by atoms with van der Waals surface area (Å²) in [5, 5.41) is 18.2. The highest BCUT2D eigenvalue weighted by Gasteiger charge is 2.27. The highest BCUT2D eigenvalue weighted by molar-refractivity contribution is 5.95. The largest absolute Gasteiger partial charge is 0.370 e. The molecule has 2 atom stereocenters. The quantitative estimate of drug-likeness (QED) is 0.754. The predicted octanol–water partition coefficient (Wildman–Crippen LogP) is 2.85. The summed E-state index contributed by atoms with van der Waals surface area (Å²) >= 11 is 0. The maximum Gasteiger partial charge on any atom is 0.124 e. The van der Waals surface area contributed by atoms with Gasteiger partial charge in [-0.15, -0.1) is 0 Å². The predicted molar refractivity (Wildman–Crippen MR) is 109 cm³/mol. The summed E-state index contributed by atoms with van der Waals surface area (Å²) in [6.45, 7) is 6.35. The fourth-order valence-electron chi connectivity index (χ4n) is 3.87. The molecular formula is C21H24N6O. The van der Waals surface area contributed by atoms with Gasteiger partial charge in [-0.3, -0.25) is 9.67 Å². The second-order valence-electron chi connectivity index (χ2n) is 7.29. The molecule has 144 valence electrons. The van der Waals surface area contributed by atoms with Gasteiger partial charge in [0.05, 0.1) is 29.0 Å². The highest BCUT2D eigenvalue weighted by Crippen LogP contribution is 2.30. The van der Waals surface area contributed by atoms with Crippen LogP contribution in [0.4, 0.5) is 11.5 Å². The van der Waals surface area contributed by atoms with Gasteiger partial charge in [-0.25, -0.2) is 0 Å². The highest BCUT2D eigenvalue weighted by atomic mass is 16.5. The van der Waals surface area contributed by atoms with Gasteiger partial charge in [-0.1, -0.05) is 0 Å². The normalized spacial score (nSPS) is 19.6. The first-order valence-corrected chi connectivity index (χ1v) is 9.48. The third kappa shape index (κ3) is 3.51. The van der Waals surface area contributed by atoms with Crippen LogP contribution in [0.25, 0.3) is 10.9 Å². The smallest absolute Gasteiger partial charge is 0.124 e. The average molecular weight is 376 g/mol. The lowest BCUT2D eigenvalue weighted by atomic mass is 10.1. The van der Waals surface area contributed by atoms with Crippen molar-refractivity contribution in [3.63, 3.8) is 0 Å². The molecule has 1 N–H and O–H groups in total. The Bertz CT molecular complexity index is 1040. The van der Waals surface area contributed by atoms with Crippen molar-refractivity contribution in [2.24, 2.45) is 7.05 Å². The number of fused-ring (bicyclic) bond motifs is 1. The van der Waals surface area contributed by atoms with Gasteiger partial charge in [0, 0.05) is 50.0 Å². The van der Waals surface area contributed by atoms with Gasteiger partial charge in [-0.05, 0) is 38.1 Å². The van der Waals surface area contributed by atoms with Gasteiger partial charge in [0.2, 0.25) is 0 Å². The molecule has 0 aliphatic carbocycles. The Kier molecular flexibility index (Phi) is 4.88. The number of benzene rings is 1. The molecule has 7 heteroatoms. The van der Waals surface area contributed by atoms with Crippen LogP contribution in [0.2, 0.25) is 0 Å². The Labute approximate surface area is 164 Å². The molecule has 3 aromatic rings. The SMILES string of the molecule is Cc1cc(NC[C@@H]2CN(c3ccc(C#N)c4ncccc34)C[C@@H](C)O2)n(C)n1. The van der Waals surface area contributed by atoms with E-state index in [4.69, 9.17) is 4.74 Å². The zero-order valence-electron chi connectivity index (χ0n) is 16.4. The second-order valence-corrected chi connectivity index (χ2v) is 7.29. The molecule has 1 aliphatic rings. The van der Waals surface area contributed by atoms with E-state index in [1.54, 1.807) is 6.20 Å². The van der Waals surface area contributed by atoms with E-state index in [-0.39, 0.29) is 12.2 Å². The lowest BCUT2D eigenvalue weighted by Gasteiger charge is -2.38. The number of pyridine rings is 1. The molecule has 0 spiro atoms. The molecule has 0 unspecified atom stereocenters. The maximum atomic E-state index is 9.38. The number of ether oxygens (including phenoxy) is 1.